The number of nitrogens with one attached hydrogen (secondary N) is 1. The second kappa shape index (κ2) is 6.62. The number of fused-ring (bicyclic) bond motifs is 3. The zero-order valence-corrected chi connectivity index (χ0v) is 17.0. The van der Waals surface area contributed by atoms with E-state index in [4.69, 9.17) is 10.7 Å². The molecule has 2 aliphatic heterocycles. The molecule has 11 heteroatoms. The molecule has 2 aliphatic rings. The molecule has 4 aromatic heterocycles. The first-order chi connectivity index (χ1) is 15.1. The number of nitrogen functional groups attached to an aromatic ring is 1. The topological polar surface area (TPSA) is 136 Å². The fourth-order valence-electron chi connectivity index (χ4n) is 5.16. The summed E-state index contributed by atoms with van der Waals surface area (Å²) in [6.45, 7) is 0. The summed E-state index contributed by atoms with van der Waals surface area (Å²) in [5.74, 6) is 1.03. The first kappa shape index (κ1) is 18.0. The Balaban J connectivity index is 1.33. The summed E-state index contributed by atoms with van der Waals surface area (Å²) in [6, 6.07) is 2.26. The van der Waals surface area contributed by atoms with E-state index < -0.39 is 0 Å². The number of amides is 1. The van der Waals surface area contributed by atoms with E-state index in [1.54, 1.807) is 21.6 Å². The summed E-state index contributed by atoms with van der Waals surface area (Å²) >= 11 is 0. The van der Waals surface area contributed by atoms with Gasteiger partial charge in [-0.25, -0.2) is 4.98 Å². The van der Waals surface area contributed by atoms with Crippen LogP contribution in [0.25, 0.3) is 16.8 Å². The van der Waals surface area contributed by atoms with Gasteiger partial charge < -0.3 is 15.6 Å². The van der Waals surface area contributed by atoms with E-state index in [1.165, 1.54) is 6.33 Å². The Morgan fingerprint density at radius 1 is 1.19 bits per heavy atom. The van der Waals surface area contributed by atoms with Crippen LogP contribution in [0.1, 0.15) is 47.9 Å². The summed E-state index contributed by atoms with van der Waals surface area (Å²) in [7, 11) is 1.88. The maximum absolute atomic E-state index is 12.9. The summed E-state index contributed by atoms with van der Waals surface area (Å²) in [6.07, 6.45) is 10.7. The number of hydrogen-bond acceptors (Lipinski definition) is 7. The number of hydrogen-bond donors (Lipinski definition) is 2. The zero-order chi connectivity index (χ0) is 21.1. The van der Waals surface area contributed by atoms with Crippen LogP contribution in [0.15, 0.2) is 31.0 Å². The van der Waals surface area contributed by atoms with Gasteiger partial charge in [-0.1, -0.05) is 0 Å². The minimum Gasteiger partial charge on any atom is -0.384 e. The molecule has 0 spiro atoms. The number of aryl methyl sites for hydroxylation is 1. The fraction of sp³-hybridized carbons (Fsp3) is 0.400. The van der Waals surface area contributed by atoms with Gasteiger partial charge >= 0.3 is 0 Å². The summed E-state index contributed by atoms with van der Waals surface area (Å²) in [5.41, 5.74) is 9.89. The number of nitrogens with two attached hydrogens (primary N) is 1. The van der Waals surface area contributed by atoms with E-state index in [1.807, 2.05) is 24.2 Å². The van der Waals surface area contributed by atoms with Crippen molar-refractivity contribution < 1.29 is 4.79 Å². The van der Waals surface area contributed by atoms with Crippen molar-refractivity contribution in [2.75, 3.05) is 5.73 Å². The minimum atomic E-state index is -0.0685. The molecule has 2 atom stereocenters. The predicted molar refractivity (Wildman–Crippen MR) is 111 cm³/mol. The van der Waals surface area contributed by atoms with Crippen LogP contribution >= 0.6 is 0 Å². The van der Waals surface area contributed by atoms with E-state index >= 15 is 0 Å². The smallest absolute Gasteiger partial charge is 0.292 e. The molecule has 6 heterocycles. The Hall–Kier alpha value is -3.76. The van der Waals surface area contributed by atoms with Gasteiger partial charge in [0.15, 0.2) is 5.65 Å². The number of carbonyl (C=O) groups is 1. The molecule has 2 bridgehead atoms. The molecule has 2 saturated heterocycles. The van der Waals surface area contributed by atoms with Crippen molar-refractivity contribution in [3.8, 4) is 11.1 Å². The maximum Gasteiger partial charge on any atom is 0.292 e. The van der Waals surface area contributed by atoms with Crippen molar-refractivity contribution in [1.82, 2.24) is 44.5 Å². The van der Waals surface area contributed by atoms with Crippen molar-refractivity contribution in [2.24, 2.45) is 7.05 Å². The van der Waals surface area contributed by atoms with Gasteiger partial charge in [0, 0.05) is 54.1 Å². The second-order valence-corrected chi connectivity index (χ2v) is 8.41. The van der Waals surface area contributed by atoms with Gasteiger partial charge in [0.1, 0.15) is 12.1 Å². The number of H-pyrrole nitrogens is 1. The average molecular weight is 418 g/mol. The fourth-order valence-corrected chi connectivity index (χ4v) is 5.16. The Bertz CT molecular complexity index is 1260. The lowest BCUT2D eigenvalue weighted by atomic mass is 9.87. The molecule has 3 N–H and O–H groups in total. The summed E-state index contributed by atoms with van der Waals surface area (Å²) in [5, 5.41) is 16.3. The average Bonchev–Trinajstić information content (AvgIpc) is 3.54. The number of aromatic amines is 1. The molecule has 2 unspecified atom stereocenters. The van der Waals surface area contributed by atoms with Crippen molar-refractivity contribution in [2.45, 2.75) is 43.7 Å². The third-order valence-electron chi connectivity index (χ3n) is 6.54. The number of nitrogens with zero attached hydrogens (tertiary/aromatic N) is 8. The van der Waals surface area contributed by atoms with Crippen LogP contribution in [0.4, 0.5) is 5.82 Å². The van der Waals surface area contributed by atoms with Gasteiger partial charge in [-0.15, -0.1) is 10.2 Å². The van der Waals surface area contributed by atoms with E-state index in [9.17, 15) is 4.79 Å². The molecule has 6 rings (SSSR count). The van der Waals surface area contributed by atoms with Gasteiger partial charge in [-0.3, -0.25) is 9.48 Å². The Morgan fingerprint density at radius 2 is 2.00 bits per heavy atom. The van der Waals surface area contributed by atoms with E-state index in [-0.39, 0.29) is 23.9 Å². The largest absolute Gasteiger partial charge is 0.384 e. The lowest BCUT2D eigenvalue weighted by molar-refractivity contribution is 0.0557. The van der Waals surface area contributed by atoms with Crippen LogP contribution in [0.3, 0.4) is 0 Å². The lowest BCUT2D eigenvalue weighted by Gasteiger charge is -2.38. The molecule has 0 aliphatic carbocycles. The monoisotopic (exact) mass is 418 g/mol. The van der Waals surface area contributed by atoms with Crippen molar-refractivity contribution in [3.05, 3.63) is 42.5 Å². The molecular formula is C20H22N10O. The number of anilines is 1. The van der Waals surface area contributed by atoms with Crippen molar-refractivity contribution >= 4 is 17.4 Å². The molecule has 158 valence electrons. The Kier molecular flexibility index (Phi) is 3.86. The molecular weight excluding hydrogens is 396 g/mol. The second-order valence-electron chi connectivity index (χ2n) is 8.41. The highest BCUT2D eigenvalue weighted by Crippen LogP contribution is 2.43. The van der Waals surface area contributed by atoms with E-state index in [0.29, 0.717) is 11.6 Å². The van der Waals surface area contributed by atoms with Gasteiger partial charge in [0.05, 0.1) is 12.4 Å². The summed E-state index contributed by atoms with van der Waals surface area (Å²) in [4.78, 5) is 22.7. The summed E-state index contributed by atoms with van der Waals surface area (Å²) < 4.78 is 3.42. The molecule has 0 saturated carbocycles. The Labute approximate surface area is 177 Å². The highest BCUT2D eigenvalue weighted by Gasteiger charge is 2.45. The van der Waals surface area contributed by atoms with Gasteiger partial charge in [0.25, 0.3) is 5.91 Å². The predicted octanol–water partition coefficient (Wildman–Crippen LogP) is 1.38. The zero-order valence-electron chi connectivity index (χ0n) is 17.0. The number of piperidine rings is 1. The van der Waals surface area contributed by atoms with Crippen molar-refractivity contribution in [3.63, 3.8) is 0 Å². The normalized spacial score (nSPS) is 23.0. The molecule has 31 heavy (non-hydrogen) atoms. The molecule has 1 amide bonds. The first-order valence-electron chi connectivity index (χ1n) is 10.4. The molecule has 0 radical (unpaired) electrons. The van der Waals surface area contributed by atoms with Crippen LogP contribution in [-0.4, -0.2) is 62.5 Å². The SMILES string of the molecule is Cn1cc(-c2cnn3c(N)cc(C4CC5CCC(C4)N5C(=O)c4nnc[nH]4)nc23)cn1. The van der Waals surface area contributed by atoms with E-state index in [0.717, 1.165) is 48.2 Å². The van der Waals surface area contributed by atoms with Crippen LogP contribution in [-0.2, 0) is 7.05 Å². The van der Waals surface area contributed by atoms with Gasteiger partial charge in [-0.2, -0.15) is 14.7 Å². The molecule has 4 aromatic rings. The maximum atomic E-state index is 12.9. The molecule has 0 aromatic carbocycles. The van der Waals surface area contributed by atoms with Gasteiger partial charge in [0.2, 0.25) is 5.82 Å². The number of rotatable bonds is 3. The first-order valence-corrected chi connectivity index (χ1v) is 10.4. The third kappa shape index (κ3) is 2.80. The Morgan fingerprint density at radius 3 is 2.68 bits per heavy atom. The highest BCUT2D eigenvalue weighted by atomic mass is 16.2. The lowest BCUT2D eigenvalue weighted by Crippen LogP contribution is -2.46. The number of aromatic nitrogens is 8. The highest BCUT2D eigenvalue weighted by molar-refractivity contribution is 5.91. The molecule has 2 fully saturated rings. The van der Waals surface area contributed by atoms with Crippen molar-refractivity contribution in [1.29, 1.82) is 0 Å². The quantitative estimate of drug-likeness (QED) is 0.513. The van der Waals surface area contributed by atoms with Crippen LogP contribution < -0.4 is 5.73 Å². The van der Waals surface area contributed by atoms with E-state index in [2.05, 4.69) is 25.4 Å². The number of carbonyl (C=O) groups excluding carboxylic acids is 1. The molecule has 11 nitrogen and oxygen atoms in total. The standard InChI is InChI=1S/C20H22N10O/c1-28-9-12(7-24-28)15-8-25-30-17(21)6-16(26-19(15)30)11-4-13-2-3-14(5-11)29(13)20(31)18-22-10-23-27-18/h6-11,13-14H,2-5,21H2,1H3,(H,22,23,27). The van der Waals surface area contributed by atoms with Crippen LogP contribution in [0.5, 0.6) is 0 Å². The minimum absolute atomic E-state index is 0.0685. The van der Waals surface area contributed by atoms with Crippen LogP contribution in [0.2, 0.25) is 0 Å². The van der Waals surface area contributed by atoms with Gasteiger partial charge in [-0.05, 0) is 25.7 Å². The van der Waals surface area contributed by atoms with Crippen LogP contribution in [0, 0.1) is 0 Å². The third-order valence-corrected chi connectivity index (χ3v) is 6.54.